The van der Waals surface area contributed by atoms with Crippen LogP contribution in [-0.4, -0.2) is 52.1 Å². The third-order valence-corrected chi connectivity index (χ3v) is 5.93. The number of nitrogens with zero attached hydrogens (tertiary/aromatic N) is 2. The van der Waals surface area contributed by atoms with Crippen LogP contribution in [0.3, 0.4) is 0 Å². The number of halogens is 1. The first-order valence-electron chi connectivity index (χ1n) is 9.36. The third-order valence-electron chi connectivity index (χ3n) is 4.97. The second kappa shape index (κ2) is 9.24. The van der Waals surface area contributed by atoms with Gasteiger partial charge in [0.05, 0.1) is 5.75 Å². The Morgan fingerprint density at radius 2 is 1.64 bits per heavy atom. The van der Waals surface area contributed by atoms with Crippen LogP contribution < -0.4 is 15.8 Å². The van der Waals surface area contributed by atoms with Crippen LogP contribution in [0.4, 0.5) is 5.69 Å². The Morgan fingerprint density at radius 1 is 1.00 bits per heavy atom. The van der Waals surface area contributed by atoms with Crippen LogP contribution in [0.5, 0.6) is 0 Å². The molecule has 0 spiro atoms. The number of piperazine rings is 1. The van der Waals surface area contributed by atoms with Crippen molar-refractivity contribution in [3.63, 3.8) is 0 Å². The van der Waals surface area contributed by atoms with Gasteiger partial charge >= 0.3 is 0 Å². The topological polar surface area (TPSA) is 92.7 Å². The number of hydrogen-bond acceptors (Lipinski definition) is 5. The molecule has 3 rings (SSSR count). The molecule has 0 saturated carbocycles. The van der Waals surface area contributed by atoms with E-state index < -0.39 is 10.0 Å². The molecule has 1 aliphatic heterocycles. The second-order valence-electron chi connectivity index (χ2n) is 7.31. The maximum absolute atomic E-state index is 11.5. The number of sulfonamides is 1. The quantitative estimate of drug-likeness (QED) is 0.710. The molecule has 1 fully saturated rings. The molecular weight excluding hydrogens is 396 g/mol. The van der Waals surface area contributed by atoms with Crippen LogP contribution in [0.2, 0.25) is 5.02 Å². The molecular formula is C20H27ClN4O2S. The lowest BCUT2D eigenvalue weighted by atomic mass is 10.1. The molecule has 4 N–H and O–H groups in total. The first-order valence-corrected chi connectivity index (χ1v) is 11.5. The molecule has 0 bridgehead atoms. The Bertz CT molecular complexity index is 881. The van der Waals surface area contributed by atoms with E-state index in [1.165, 1.54) is 5.56 Å². The van der Waals surface area contributed by atoms with Gasteiger partial charge in [0.15, 0.2) is 0 Å². The number of nitrogens with two attached hydrogens (primary N) is 2. The van der Waals surface area contributed by atoms with Gasteiger partial charge in [-0.1, -0.05) is 41.9 Å². The van der Waals surface area contributed by atoms with Gasteiger partial charge in [-0.3, -0.25) is 4.90 Å². The summed E-state index contributed by atoms with van der Waals surface area (Å²) in [7, 11) is -3.56. The van der Waals surface area contributed by atoms with Crippen molar-refractivity contribution in [1.29, 1.82) is 0 Å². The predicted molar refractivity (Wildman–Crippen MR) is 115 cm³/mol. The second-order valence-corrected chi connectivity index (χ2v) is 9.37. The lowest BCUT2D eigenvalue weighted by Crippen LogP contribution is -2.50. The highest BCUT2D eigenvalue weighted by Gasteiger charge is 2.21. The van der Waals surface area contributed by atoms with Crippen molar-refractivity contribution in [3.8, 4) is 0 Å². The number of anilines is 1. The summed E-state index contributed by atoms with van der Waals surface area (Å²) in [6.45, 7) is 4.26. The van der Waals surface area contributed by atoms with Crippen LogP contribution in [0.15, 0.2) is 48.5 Å². The van der Waals surface area contributed by atoms with Gasteiger partial charge in [-0.05, 0) is 35.7 Å². The van der Waals surface area contributed by atoms with E-state index in [9.17, 15) is 8.42 Å². The van der Waals surface area contributed by atoms with Crippen molar-refractivity contribution < 1.29 is 8.42 Å². The molecule has 0 aromatic heterocycles. The molecule has 1 atom stereocenters. The fourth-order valence-electron chi connectivity index (χ4n) is 3.65. The SMILES string of the molecule is N[C@H](Cc1ccc(Cl)cc1)CN1CCN(c2ccccc2CS(N)(=O)=O)CC1. The first-order chi connectivity index (χ1) is 13.3. The zero-order chi connectivity index (χ0) is 20.1. The van der Waals surface area contributed by atoms with Crippen LogP contribution >= 0.6 is 11.6 Å². The molecule has 0 radical (unpaired) electrons. The van der Waals surface area contributed by atoms with Crippen LogP contribution in [0.25, 0.3) is 0 Å². The van der Waals surface area contributed by atoms with Crippen LogP contribution in [-0.2, 0) is 22.2 Å². The molecule has 152 valence electrons. The van der Waals surface area contributed by atoms with Crippen molar-refractivity contribution in [2.75, 3.05) is 37.6 Å². The molecule has 1 aliphatic rings. The van der Waals surface area contributed by atoms with E-state index in [0.29, 0.717) is 0 Å². The van der Waals surface area contributed by atoms with Gasteiger partial charge in [0.2, 0.25) is 10.0 Å². The minimum Gasteiger partial charge on any atom is -0.369 e. The zero-order valence-electron chi connectivity index (χ0n) is 15.8. The number of primary sulfonamides is 1. The van der Waals surface area contributed by atoms with Crippen molar-refractivity contribution in [3.05, 3.63) is 64.7 Å². The smallest absolute Gasteiger partial charge is 0.213 e. The lowest BCUT2D eigenvalue weighted by Gasteiger charge is -2.38. The van der Waals surface area contributed by atoms with E-state index in [4.69, 9.17) is 22.5 Å². The minimum absolute atomic E-state index is 0.0578. The Kier molecular flexibility index (Phi) is 6.95. The van der Waals surface area contributed by atoms with Gasteiger partial charge in [-0.2, -0.15) is 0 Å². The lowest BCUT2D eigenvalue weighted by molar-refractivity contribution is 0.242. The van der Waals surface area contributed by atoms with E-state index in [-0.39, 0.29) is 11.8 Å². The Morgan fingerprint density at radius 3 is 2.29 bits per heavy atom. The molecule has 1 saturated heterocycles. The van der Waals surface area contributed by atoms with E-state index >= 15 is 0 Å². The Balaban J connectivity index is 1.54. The minimum atomic E-state index is -3.56. The highest BCUT2D eigenvalue weighted by molar-refractivity contribution is 7.88. The van der Waals surface area contributed by atoms with Gasteiger partial charge in [0, 0.05) is 49.5 Å². The van der Waals surface area contributed by atoms with Crippen LogP contribution in [0.1, 0.15) is 11.1 Å². The molecule has 0 amide bonds. The Labute approximate surface area is 172 Å². The first kappa shape index (κ1) is 21.1. The average molecular weight is 423 g/mol. The monoisotopic (exact) mass is 422 g/mol. The fourth-order valence-corrected chi connectivity index (χ4v) is 4.45. The summed E-state index contributed by atoms with van der Waals surface area (Å²) in [5.41, 5.74) is 9.23. The maximum atomic E-state index is 11.5. The summed E-state index contributed by atoms with van der Waals surface area (Å²) in [6, 6.07) is 15.4. The third kappa shape index (κ3) is 6.18. The summed E-state index contributed by atoms with van der Waals surface area (Å²) in [6.07, 6.45) is 0.814. The van der Waals surface area contributed by atoms with Crippen LogP contribution in [0, 0.1) is 0 Å². The summed E-state index contributed by atoms with van der Waals surface area (Å²) in [5.74, 6) is -0.143. The molecule has 28 heavy (non-hydrogen) atoms. The molecule has 0 unspecified atom stereocenters. The molecule has 0 aliphatic carbocycles. The van der Waals surface area contributed by atoms with E-state index in [1.54, 1.807) is 0 Å². The van der Waals surface area contributed by atoms with E-state index in [1.807, 2.05) is 48.5 Å². The fraction of sp³-hybridized carbons (Fsp3) is 0.400. The average Bonchev–Trinajstić information content (AvgIpc) is 2.63. The van der Waals surface area contributed by atoms with Crippen molar-refractivity contribution in [2.45, 2.75) is 18.2 Å². The van der Waals surface area contributed by atoms with Crippen molar-refractivity contribution in [2.24, 2.45) is 10.9 Å². The summed E-state index contributed by atoms with van der Waals surface area (Å²) in [4.78, 5) is 4.58. The van der Waals surface area contributed by atoms with Gasteiger partial charge < -0.3 is 10.6 Å². The summed E-state index contributed by atoms with van der Waals surface area (Å²) >= 11 is 5.93. The molecule has 2 aromatic rings. The van der Waals surface area contributed by atoms with Gasteiger partial charge in [0.1, 0.15) is 0 Å². The molecule has 1 heterocycles. The van der Waals surface area contributed by atoms with Gasteiger partial charge in [-0.25, -0.2) is 13.6 Å². The van der Waals surface area contributed by atoms with E-state index in [2.05, 4.69) is 9.80 Å². The number of rotatable bonds is 7. The molecule has 8 heteroatoms. The highest BCUT2D eigenvalue weighted by Crippen LogP contribution is 2.23. The number of para-hydroxylation sites is 1. The predicted octanol–water partition coefficient (Wildman–Crippen LogP) is 1.82. The maximum Gasteiger partial charge on any atom is 0.213 e. The highest BCUT2D eigenvalue weighted by atomic mass is 35.5. The van der Waals surface area contributed by atoms with E-state index in [0.717, 1.165) is 55.4 Å². The standard InChI is InChI=1S/C20H27ClN4O2S/c21-18-7-5-16(6-8-18)13-19(22)14-24-9-11-25(12-10-24)20-4-2-1-3-17(20)15-28(23,26)27/h1-8,19H,9-15,22H2,(H2,23,26,27)/t19-/m1/s1. The summed E-state index contributed by atoms with van der Waals surface area (Å²) in [5, 5.41) is 5.97. The van der Waals surface area contributed by atoms with Gasteiger partial charge in [-0.15, -0.1) is 0 Å². The molecule has 2 aromatic carbocycles. The normalized spacial score (nSPS) is 16.9. The molecule has 6 nitrogen and oxygen atoms in total. The van der Waals surface area contributed by atoms with Gasteiger partial charge in [0.25, 0.3) is 0 Å². The summed E-state index contributed by atoms with van der Waals surface area (Å²) < 4.78 is 23.0. The number of benzene rings is 2. The Hall–Kier alpha value is -1.64. The largest absolute Gasteiger partial charge is 0.369 e. The van der Waals surface area contributed by atoms with Crippen molar-refractivity contribution in [1.82, 2.24) is 4.90 Å². The number of hydrogen-bond donors (Lipinski definition) is 2. The van der Waals surface area contributed by atoms with Crippen molar-refractivity contribution >= 4 is 27.3 Å². The zero-order valence-corrected chi connectivity index (χ0v) is 17.4.